The first-order valence-electron chi connectivity index (χ1n) is 7.73. The van der Waals surface area contributed by atoms with Crippen molar-refractivity contribution < 1.29 is 14.3 Å². The predicted octanol–water partition coefficient (Wildman–Crippen LogP) is 0.0323. The number of morpholine rings is 1. The normalized spacial score (nSPS) is 30.3. The van der Waals surface area contributed by atoms with E-state index >= 15 is 0 Å². The highest BCUT2D eigenvalue weighted by molar-refractivity contribution is 5.89. The quantitative estimate of drug-likeness (QED) is 0.735. The third kappa shape index (κ3) is 4.17. The minimum absolute atomic E-state index is 0.0691. The Morgan fingerprint density at radius 1 is 1.24 bits per heavy atom. The molecule has 0 radical (unpaired) electrons. The third-order valence-electron chi connectivity index (χ3n) is 4.11. The van der Waals surface area contributed by atoms with Gasteiger partial charge in [0, 0.05) is 39.1 Å². The lowest BCUT2D eigenvalue weighted by molar-refractivity contribution is -0.147. The smallest absolute Gasteiger partial charge is 0.228 e. The fourth-order valence-corrected chi connectivity index (χ4v) is 3.09. The van der Waals surface area contributed by atoms with Gasteiger partial charge in [0.2, 0.25) is 11.8 Å². The molecule has 120 valence electrons. The zero-order chi connectivity index (χ0) is 15.6. The van der Waals surface area contributed by atoms with E-state index in [1.165, 1.54) is 0 Å². The van der Waals surface area contributed by atoms with E-state index in [9.17, 15) is 9.59 Å². The van der Waals surface area contributed by atoms with Crippen LogP contribution in [0.4, 0.5) is 0 Å². The second kappa shape index (κ2) is 6.75. The van der Waals surface area contributed by atoms with Gasteiger partial charge in [-0.1, -0.05) is 0 Å². The molecule has 0 aromatic rings. The van der Waals surface area contributed by atoms with E-state index in [0.717, 1.165) is 6.54 Å². The van der Waals surface area contributed by atoms with E-state index in [4.69, 9.17) is 4.74 Å². The van der Waals surface area contributed by atoms with Crippen LogP contribution < -0.4 is 0 Å². The van der Waals surface area contributed by atoms with Crippen molar-refractivity contribution in [3.63, 3.8) is 0 Å². The van der Waals surface area contributed by atoms with Gasteiger partial charge in [-0.05, 0) is 27.9 Å². The minimum Gasteiger partial charge on any atom is -0.372 e. The minimum atomic E-state index is -0.183. The zero-order valence-corrected chi connectivity index (χ0v) is 13.5. The Morgan fingerprint density at radius 2 is 1.86 bits per heavy atom. The molecule has 0 spiro atoms. The average molecular weight is 297 g/mol. The molecule has 2 heterocycles. The van der Waals surface area contributed by atoms with Crippen molar-refractivity contribution >= 4 is 11.8 Å². The van der Waals surface area contributed by atoms with Gasteiger partial charge in [0.15, 0.2) is 0 Å². The summed E-state index contributed by atoms with van der Waals surface area (Å²) >= 11 is 0. The van der Waals surface area contributed by atoms with E-state index in [1.54, 1.807) is 0 Å². The summed E-state index contributed by atoms with van der Waals surface area (Å²) in [6.45, 7) is 7.32. The Balaban J connectivity index is 1.90. The second-order valence-electron chi connectivity index (χ2n) is 6.54. The molecule has 0 N–H and O–H groups in total. The van der Waals surface area contributed by atoms with Crippen molar-refractivity contribution in [2.45, 2.75) is 32.5 Å². The number of carbonyl (C=O) groups excluding carboxylic acids is 2. The Hall–Kier alpha value is -1.14. The molecule has 0 aliphatic carbocycles. The van der Waals surface area contributed by atoms with Gasteiger partial charge in [-0.2, -0.15) is 0 Å². The van der Waals surface area contributed by atoms with Gasteiger partial charge in [-0.3, -0.25) is 9.59 Å². The van der Waals surface area contributed by atoms with Crippen LogP contribution >= 0.6 is 0 Å². The van der Waals surface area contributed by atoms with E-state index in [1.807, 2.05) is 42.6 Å². The van der Waals surface area contributed by atoms with Crippen LogP contribution in [0.15, 0.2) is 0 Å². The summed E-state index contributed by atoms with van der Waals surface area (Å²) in [4.78, 5) is 30.4. The highest BCUT2D eigenvalue weighted by atomic mass is 16.5. The summed E-state index contributed by atoms with van der Waals surface area (Å²) in [5.74, 6) is 0.0272. The van der Waals surface area contributed by atoms with Crippen LogP contribution in [0.25, 0.3) is 0 Å². The first-order chi connectivity index (χ1) is 9.86. The number of ether oxygens (including phenoxy) is 1. The molecule has 0 bridgehead atoms. The summed E-state index contributed by atoms with van der Waals surface area (Å²) in [7, 11) is 3.97. The summed E-state index contributed by atoms with van der Waals surface area (Å²) in [6, 6.07) is 0. The SMILES string of the molecule is C[C@@H]1CN(C(=O)[C@@H]2CC(=O)N(CCN(C)C)C2)C[C@@H](C)O1. The van der Waals surface area contributed by atoms with E-state index in [-0.39, 0.29) is 29.9 Å². The molecule has 2 fully saturated rings. The van der Waals surface area contributed by atoms with E-state index in [0.29, 0.717) is 32.6 Å². The maximum absolute atomic E-state index is 12.6. The van der Waals surface area contributed by atoms with Crippen LogP contribution in [0.5, 0.6) is 0 Å². The Kier molecular flexibility index (Phi) is 5.22. The average Bonchev–Trinajstić information content (AvgIpc) is 2.75. The van der Waals surface area contributed by atoms with Crippen LogP contribution in [-0.2, 0) is 14.3 Å². The number of hydrogen-bond acceptors (Lipinski definition) is 4. The van der Waals surface area contributed by atoms with E-state index < -0.39 is 0 Å². The van der Waals surface area contributed by atoms with Crippen molar-refractivity contribution in [2.75, 3.05) is 46.8 Å². The molecular formula is C15H27N3O3. The Bertz CT molecular complexity index is 390. The first-order valence-corrected chi connectivity index (χ1v) is 7.73. The lowest BCUT2D eigenvalue weighted by atomic mass is 10.1. The molecule has 0 aromatic heterocycles. The van der Waals surface area contributed by atoms with Crippen LogP contribution in [-0.4, -0.2) is 85.5 Å². The molecule has 0 saturated carbocycles. The molecule has 0 aromatic carbocycles. The maximum atomic E-state index is 12.6. The lowest BCUT2D eigenvalue weighted by Crippen LogP contribution is -2.50. The number of likely N-dealkylation sites (tertiary alicyclic amines) is 1. The standard InChI is InChI=1S/C15H27N3O3/c1-11-8-18(9-12(2)21-11)15(20)13-7-14(19)17(10-13)6-5-16(3)4/h11-13H,5-10H2,1-4H3/t11-,12-,13-/m1/s1. The molecule has 2 saturated heterocycles. The molecule has 2 amide bonds. The third-order valence-corrected chi connectivity index (χ3v) is 4.11. The van der Waals surface area contributed by atoms with Gasteiger partial charge in [0.1, 0.15) is 0 Å². The molecule has 2 aliphatic rings. The van der Waals surface area contributed by atoms with Crippen molar-refractivity contribution in [2.24, 2.45) is 5.92 Å². The second-order valence-corrected chi connectivity index (χ2v) is 6.54. The molecule has 0 unspecified atom stereocenters. The lowest BCUT2D eigenvalue weighted by Gasteiger charge is -2.36. The largest absolute Gasteiger partial charge is 0.372 e. The molecule has 6 nitrogen and oxygen atoms in total. The maximum Gasteiger partial charge on any atom is 0.228 e. The first kappa shape index (κ1) is 16.2. The van der Waals surface area contributed by atoms with Crippen LogP contribution in [0.3, 0.4) is 0 Å². The molecular weight excluding hydrogens is 270 g/mol. The topological polar surface area (TPSA) is 53.1 Å². The van der Waals surface area contributed by atoms with E-state index in [2.05, 4.69) is 0 Å². The fourth-order valence-electron chi connectivity index (χ4n) is 3.09. The van der Waals surface area contributed by atoms with Gasteiger partial charge >= 0.3 is 0 Å². The Morgan fingerprint density at radius 3 is 2.43 bits per heavy atom. The van der Waals surface area contributed by atoms with Gasteiger partial charge in [0.25, 0.3) is 0 Å². The number of hydrogen-bond donors (Lipinski definition) is 0. The van der Waals surface area contributed by atoms with Crippen molar-refractivity contribution in [1.82, 2.24) is 14.7 Å². The van der Waals surface area contributed by atoms with Crippen LogP contribution in [0.1, 0.15) is 20.3 Å². The van der Waals surface area contributed by atoms with Crippen molar-refractivity contribution in [3.05, 3.63) is 0 Å². The number of carbonyl (C=O) groups is 2. The van der Waals surface area contributed by atoms with Crippen LogP contribution in [0.2, 0.25) is 0 Å². The fraction of sp³-hybridized carbons (Fsp3) is 0.867. The van der Waals surface area contributed by atoms with Crippen molar-refractivity contribution in [3.8, 4) is 0 Å². The van der Waals surface area contributed by atoms with Crippen molar-refractivity contribution in [1.29, 1.82) is 0 Å². The highest BCUT2D eigenvalue weighted by Crippen LogP contribution is 2.22. The summed E-state index contributed by atoms with van der Waals surface area (Å²) in [5, 5.41) is 0. The molecule has 2 rings (SSSR count). The summed E-state index contributed by atoms with van der Waals surface area (Å²) in [5.41, 5.74) is 0. The molecule has 21 heavy (non-hydrogen) atoms. The van der Waals surface area contributed by atoms with Gasteiger partial charge in [0.05, 0.1) is 18.1 Å². The Labute approximate surface area is 127 Å². The molecule has 2 aliphatic heterocycles. The van der Waals surface area contributed by atoms with Crippen LogP contribution in [0, 0.1) is 5.92 Å². The predicted molar refractivity (Wildman–Crippen MR) is 79.8 cm³/mol. The summed E-state index contributed by atoms with van der Waals surface area (Å²) in [6.07, 6.45) is 0.492. The highest BCUT2D eigenvalue weighted by Gasteiger charge is 2.38. The number of nitrogens with zero attached hydrogens (tertiary/aromatic N) is 3. The van der Waals surface area contributed by atoms with Gasteiger partial charge < -0.3 is 19.4 Å². The molecule has 6 heteroatoms. The number of likely N-dealkylation sites (N-methyl/N-ethyl adjacent to an activating group) is 1. The van der Waals surface area contributed by atoms with Gasteiger partial charge in [-0.25, -0.2) is 0 Å². The summed E-state index contributed by atoms with van der Waals surface area (Å²) < 4.78 is 5.66. The monoisotopic (exact) mass is 297 g/mol. The zero-order valence-electron chi connectivity index (χ0n) is 13.5. The number of rotatable bonds is 4. The van der Waals surface area contributed by atoms with Gasteiger partial charge in [-0.15, -0.1) is 0 Å². The number of amides is 2. The molecule has 3 atom stereocenters.